The van der Waals surface area contributed by atoms with Crippen LogP contribution in [0.15, 0.2) is 60.7 Å². The second kappa shape index (κ2) is 6.89. The molecule has 4 rings (SSSR count). The number of nitrogens with one attached hydrogen (secondary N) is 2. The summed E-state index contributed by atoms with van der Waals surface area (Å²) in [5.41, 5.74) is 7.57. The number of aromatic nitrogens is 2. The smallest absolute Gasteiger partial charge is 0.269 e. The molecule has 1 heterocycles. The van der Waals surface area contributed by atoms with E-state index in [0.29, 0.717) is 11.1 Å². The summed E-state index contributed by atoms with van der Waals surface area (Å²) >= 11 is 1.09. The molecule has 0 aliphatic carbocycles. The van der Waals surface area contributed by atoms with Crippen LogP contribution in [-0.2, 0) is 11.2 Å². The van der Waals surface area contributed by atoms with Gasteiger partial charge in [-0.2, -0.15) is 8.75 Å². The van der Waals surface area contributed by atoms with E-state index in [4.69, 9.17) is 0 Å². The quantitative estimate of drug-likeness (QED) is 0.549. The summed E-state index contributed by atoms with van der Waals surface area (Å²) in [5, 5.41) is 2.20. The van der Waals surface area contributed by atoms with Crippen LogP contribution in [0, 0.1) is 0 Å². The van der Waals surface area contributed by atoms with E-state index in [1.807, 2.05) is 42.5 Å². The number of amides is 2. The molecule has 0 spiro atoms. The van der Waals surface area contributed by atoms with Crippen molar-refractivity contribution in [2.75, 3.05) is 0 Å². The van der Waals surface area contributed by atoms with Gasteiger partial charge in [-0.15, -0.1) is 0 Å². The zero-order valence-electron chi connectivity index (χ0n) is 13.6. The second-order valence-corrected chi connectivity index (χ2v) is 6.36. The normalized spacial score (nSPS) is 10.8. The molecule has 1 aromatic heterocycles. The molecule has 0 saturated heterocycles. The van der Waals surface area contributed by atoms with Gasteiger partial charge < -0.3 is 0 Å². The Morgan fingerprint density at radius 3 is 2.54 bits per heavy atom. The third-order valence-electron chi connectivity index (χ3n) is 4.01. The number of hydrogen-bond acceptors (Lipinski definition) is 5. The lowest BCUT2D eigenvalue weighted by Gasteiger charge is -2.08. The molecule has 0 aliphatic heterocycles. The molecule has 0 atom stereocenters. The van der Waals surface area contributed by atoms with Gasteiger partial charge in [0.1, 0.15) is 11.0 Å². The largest absolute Gasteiger partial charge is 0.273 e. The van der Waals surface area contributed by atoms with Crippen molar-refractivity contribution in [1.29, 1.82) is 0 Å². The average Bonchev–Trinajstić information content (AvgIpc) is 3.14. The number of carbonyl (C=O) groups is 2. The first kappa shape index (κ1) is 16.2. The molecule has 0 fully saturated rings. The molecule has 128 valence electrons. The molecule has 7 heteroatoms. The first-order valence-corrected chi connectivity index (χ1v) is 8.71. The molecular formula is C19H14N4O2S. The van der Waals surface area contributed by atoms with Crippen LogP contribution in [-0.4, -0.2) is 20.6 Å². The Bertz CT molecular complexity index is 1120. The minimum absolute atomic E-state index is 0.181. The topological polar surface area (TPSA) is 84.0 Å². The highest BCUT2D eigenvalue weighted by molar-refractivity contribution is 7.00. The molecule has 2 N–H and O–H groups in total. The first-order chi connectivity index (χ1) is 12.7. The minimum Gasteiger partial charge on any atom is -0.273 e. The summed E-state index contributed by atoms with van der Waals surface area (Å²) in [4.78, 5) is 24.3. The summed E-state index contributed by atoms with van der Waals surface area (Å²) in [6.07, 6.45) is 0.181. The van der Waals surface area contributed by atoms with Crippen molar-refractivity contribution >= 4 is 45.3 Å². The molecule has 6 nitrogen and oxygen atoms in total. The van der Waals surface area contributed by atoms with E-state index >= 15 is 0 Å². The van der Waals surface area contributed by atoms with Crippen LogP contribution >= 0.6 is 11.7 Å². The maximum atomic E-state index is 12.2. The Hall–Kier alpha value is -3.32. The lowest BCUT2D eigenvalue weighted by atomic mass is 10.1. The maximum absolute atomic E-state index is 12.2. The Balaban J connectivity index is 1.38. The molecular weight excluding hydrogens is 348 g/mol. The zero-order chi connectivity index (χ0) is 17.9. The number of nitrogens with zero attached hydrogens (tertiary/aromatic N) is 2. The fraction of sp³-hybridized carbons (Fsp3) is 0.0526. The molecule has 3 aromatic carbocycles. The zero-order valence-corrected chi connectivity index (χ0v) is 14.4. The van der Waals surface area contributed by atoms with Crippen molar-refractivity contribution in [1.82, 2.24) is 19.6 Å². The van der Waals surface area contributed by atoms with E-state index in [0.717, 1.165) is 33.6 Å². The number of carbonyl (C=O) groups excluding carboxylic acids is 2. The van der Waals surface area contributed by atoms with Crippen LogP contribution in [0.4, 0.5) is 0 Å². The third-order valence-corrected chi connectivity index (χ3v) is 4.57. The summed E-state index contributed by atoms with van der Waals surface area (Å²) in [7, 11) is 0. The van der Waals surface area contributed by atoms with Gasteiger partial charge in [-0.05, 0) is 34.5 Å². The maximum Gasteiger partial charge on any atom is 0.269 e. The summed E-state index contributed by atoms with van der Waals surface area (Å²) < 4.78 is 8.19. The Kier molecular flexibility index (Phi) is 4.28. The first-order valence-electron chi connectivity index (χ1n) is 7.98. The average molecular weight is 362 g/mol. The molecule has 4 aromatic rings. The van der Waals surface area contributed by atoms with Gasteiger partial charge in [0.05, 0.1) is 18.1 Å². The van der Waals surface area contributed by atoms with Crippen LogP contribution in [0.2, 0.25) is 0 Å². The predicted octanol–water partition coefficient (Wildman–Crippen LogP) is 2.85. The Morgan fingerprint density at radius 2 is 1.65 bits per heavy atom. The monoisotopic (exact) mass is 362 g/mol. The number of hydrazine groups is 1. The van der Waals surface area contributed by atoms with E-state index in [1.165, 1.54) is 0 Å². The van der Waals surface area contributed by atoms with Crippen LogP contribution in [0.3, 0.4) is 0 Å². The van der Waals surface area contributed by atoms with Gasteiger partial charge in [-0.25, -0.2) is 0 Å². The Labute approximate surface area is 153 Å². The minimum atomic E-state index is -0.397. The number of benzene rings is 3. The van der Waals surface area contributed by atoms with Crippen molar-refractivity contribution in [3.8, 4) is 0 Å². The highest BCUT2D eigenvalue weighted by Gasteiger charge is 2.10. The lowest BCUT2D eigenvalue weighted by molar-refractivity contribution is -0.121. The van der Waals surface area contributed by atoms with Crippen molar-refractivity contribution in [2.24, 2.45) is 0 Å². The van der Waals surface area contributed by atoms with Gasteiger partial charge in [-0.1, -0.05) is 42.5 Å². The van der Waals surface area contributed by atoms with Gasteiger partial charge in [0, 0.05) is 5.56 Å². The van der Waals surface area contributed by atoms with Gasteiger partial charge in [0.15, 0.2) is 0 Å². The highest BCUT2D eigenvalue weighted by atomic mass is 32.1. The fourth-order valence-electron chi connectivity index (χ4n) is 2.70. The number of rotatable bonds is 3. The summed E-state index contributed by atoms with van der Waals surface area (Å²) in [5.74, 6) is -0.684. The molecule has 0 radical (unpaired) electrons. The molecule has 0 bridgehead atoms. The standard InChI is InChI=1S/C19H14N4O2S/c24-18(10-12-5-6-13-3-1-2-4-14(13)9-12)20-21-19(25)15-7-8-16-17(11-15)23-26-22-16/h1-9,11H,10H2,(H,20,24)(H,21,25). The van der Waals surface area contributed by atoms with Crippen molar-refractivity contribution in [3.63, 3.8) is 0 Å². The Morgan fingerprint density at radius 1 is 0.846 bits per heavy atom. The van der Waals surface area contributed by atoms with Crippen LogP contribution in [0.1, 0.15) is 15.9 Å². The van der Waals surface area contributed by atoms with Crippen molar-refractivity contribution in [3.05, 3.63) is 71.8 Å². The lowest BCUT2D eigenvalue weighted by Crippen LogP contribution is -2.42. The molecule has 26 heavy (non-hydrogen) atoms. The SMILES string of the molecule is O=C(Cc1ccc2ccccc2c1)NNC(=O)c1ccc2nsnc2c1. The second-order valence-electron chi connectivity index (χ2n) is 5.83. The highest BCUT2D eigenvalue weighted by Crippen LogP contribution is 2.16. The van der Waals surface area contributed by atoms with Crippen molar-refractivity contribution in [2.45, 2.75) is 6.42 Å². The summed E-state index contributed by atoms with van der Waals surface area (Å²) in [6.45, 7) is 0. The van der Waals surface area contributed by atoms with E-state index < -0.39 is 5.91 Å². The number of hydrogen-bond donors (Lipinski definition) is 2. The molecule has 2 amide bonds. The van der Waals surface area contributed by atoms with E-state index in [9.17, 15) is 9.59 Å². The number of fused-ring (bicyclic) bond motifs is 2. The molecule has 0 saturated carbocycles. The third kappa shape index (κ3) is 3.38. The molecule has 0 unspecified atom stereocenters. The van der Waals surface area contributed by atoms with Gasteiger partial charge >= 0.3 is 0 Å². The van der Waals surface area contributed by atoms with E-state index in [1.54, 1.807) is 18.2 Å². The van der Waals surface area contributed by atoms with E-state index in [2.05, 4.69) is 19.6 Å². The van der Waals surface area contributed by atoms with Gasteiger partial charge in [0.2, 0.25) is 5.91 Å². The van der Waals surface area contributed by atoms with Crippen LogP contribution < -0.4 is 10.9 Å². The van der Waals surface area contributed by atoms with Crippen molar-refractivity contribution < 1.29 is 9.59 Å². The fourth-order valence-corrected chi connectivity index (χ4v) is 3.22. The van der Waals surface area contributed by atoms with Gasteiger partial charge in [0.25, 0.3) is 5.91 Å². The molecule has 0 aliphatic rings. The summed E-state index contributed by atoms with van der Waals surface area (Å²) in [6, 6.07) is 18.8. The van der Waals surface area contributed by atoms with Gasteiger partial charge in [-0.3, -0.25) is 20.4 Å². The predicted molar refractivity (Wildman–Crippen MR) is 101 cm³/mol. The van der Waals surface area contributed by atoms with E-state index in [-0.39, 0.29) is 12.3 Å². The van der Waals surface area contributed by atoms with Crippen LogP contribution in [0.25, 0.3) is 21.8 Å². The van der Waals surface area contributed by atoms with Crippen LogP contribution in [0.5, 0.6) is 0 Å².